The summed E-state index contributed by atoms with van der Waals surface area (Å²) in [5, 5.41) is 0. The zero-order chi connectivity index (χ0) is 25.2. The molecule has 0 fully saturated rings. The van der Waals surface area contributed by atoms with Crippen molar-refractivity contribution in [3.63, 3.8) is 0 Å². The molecule has 0 amide bonds. The molecule has 0 saturated heterocycles. The zero-order valence-corrected chi connectivity index (χ0v) is 21.4. The van der Waals surface area contributed by atoms with Crippen LogP contribution in [0, 0.1) is 20.8 Å². The van der Waals surface area contributed by atoms with E-state index in [4.69, 9.17) is 9.72 Å². The molecule has 5 rings (SSSR count). The molecule has 3 aromatic carbocycles. The maximum Gasteiger partial charge on any atom is 0.259 e. The Morgan fingerprint density at radius 3 is 2.42 bits per heavy atom. The molecule has 4 aromatic rings. The molecule has 0 N–H and O–H groups in total. The predicted octanol–water partition coefficient (Wildman–Crippen LogP) is 5.34. The number of ether oxygens (including phenoxy) is 1. The SMILES string of the molecule is COc1ccccc1CN1CN(c2cccc(C)c2C)c2nc(C)c(Cc3ccccc3)c(=O)n2C1. The van der Waals surface area contributed by atoms with Crippen LogP contribution in [0.15, 0.2) is 77.6 Å². The first-order valence-corrected chi connectivity index (χ1v) is 12.3. The van der Waals surface area contributed by atoms with Crippen LogP contribution in [-0.4, -0.2) is 28.2 Å². The van der Waals surface area contributed by atoms with Crippen molar-refractivity contribution >= 4 is 11.6 Å². The quantitative estimate of drug-likeness (QED) is 0.373. The highest BCUT2D eigenvalue weighted by Gasteiger charge is 2.29. The number of aromatic nitrogens is 2. The first-order valence-electron chi connectivity index (χ1n) is 12.3. The van der Waals surface area contributed by atoms with Crippen LogP contribution >= 0.6 is 0 Å². The average molecular weight is 481 g/mol. The molecule has 36 heavy (non-hydrogen) atoms. The molecule has 184 valence electrons. The van der Waals surface area contributed by atoms with Gasteiger partial charge in [-0.25, -0.2) is 4.98 Å². The smallest absolute Gasteiger partial charge is 0.259 e. The minimum atomic E-state index is 0.0152. The van der Waals surface area contributed by atoms with Crippen LogP contribution in [0.4, 0.5) is 11.6 Å². The van der Waals surface area contributed by atoms with Crippen LogP contribution in [0.1, 0.15) is 33.5 Å². The summed E-state index contributed by atoms with van der Waals surface area (Å²) >= 11 is 0. The van der Waals surface area contributed by atoms with E-state index < -0.39 is 0 Å². The molecule has 6 nitrogen and oxygen atoms in total. The third-order valence-corrected chi connectivity index (χ3v) is 7.05. The average Bonchev–Trinajstić information content (AvgIpc) is 2.89. The maximum absolute atomic E-state index is 13.9. The standard InChI is InChI=1S/C30H32N4O2/c1-21-11-10-15-27(22(21)2)33-19-32(18-25-14-8-9-16-28(25)36-4)20-34-29(35)26(23(3)31-30(33)34)17-24-12-6-5-7-13-24/h5-16H,17-20H2,1-4H3. The lowest BCUT2D eigenvalue weighted by atomic mass is 10.0. The largest absolute Gasteiger partial charge is 0.496 e. The van der Waals surface area contributed by atoms with Gasteiger partial charge in [0.15, 0.2) is 0 Å². The lowest BCUT2D eigenvalue weighted by Crippen LogP contribution is -2.48. The second kappa shape index (κ2) is 9.99. The van der Waals surface area contributed by atoms with Crippen molar-refractivity contribution < 1.29 is 4.74 Å². The van der Waals surface area contributed by atoms with Crippen molar-refractivity contribution in [2.45, 2.75) is 40.4 Å². The molecule has 1 aliphatic heterocycles. The molecule has 0 unspecified atom stereocenters. The molecule has 0 radical (unpaired) electrons. The number of aryl methyl sites for hydroxylation is 2. The van der Waals surface area contributed by atoms with Gasteiger partial charge in [-0.05, 0) is 49.6 Å². The zero-order valence-electron chi connectivity index (χ0n) is 21.4. The van der Waals surface area contributed by atoms with Crippen molar-refractivity contribution in [3.05, 3.63) is 117 Å². The van der Waals surface area contributed by atoms with Crippen LogP contribution in [0.25, 0.3) is 0 Å². The minimum Gasteiger partial charge on any atom is -0.496 e. The second-order valence-electron chi connectivity index (χ2n) is 9.44. The number of hydrogen-bond donors (Lipinski definition) is 0. The summed E-state index contributed by atoms with van der Waals surface area (Å²) in [7, 11) is 1.69. The third-order valence-electron chi connectivity index (χ3n) is 7.05. The van der Waals surface area contributed by atoms with Gasteiger partial charge in [-0.15, -0.1) is 0 Å². The molecule has 0 aliphatic carbocycles. The lowest BCUT2D eigenvalue weighted by molar-refractivity contribution is 0.187. The van der Waals surface area contributed by atoms with E-state index in [2.05, 4.69) is 60.0 Å². The first-order chi connectivity index (χ1) is 17.5. The number of benzene rings is 3. The van der Waals surface area contributed by atoms with Crippen molar-refractivity contribution in [3.8, 4) is 5.75 Å². The van der Waals surface area contributed by atoms with Gasteiger partial charge in [0.25, 0.3) is 5.56 Å². The fraction of sp³-hybridized carbons (Fsp3) is 0.267. The molecule has 0 saturated carbocycles. The second-order valence-corrected chi connectivity index (χ2v) is 9.44. The summed E-state index contributed by atoms with van der Waals surface area (Å²) in [5.74, 6) is 1.54. The summed E-state index contributed by atoms with van der Waals surface area (Å²) in [6, 6.07) is 24.5. The predicted molar refractivity (Wildman–Crippen MR) is 144 cm³/mol. The highest BCUT2D eigenvalue weighted by Crippen LogP contribution is 2.33. The van der Waals surface area contributed by atoms with E-state index in [0.717, 1.165) is 33.8 Å². The number of anilines is 2. The molecule has 0 bridgehead atoms. The summed E-state index contributed by atoms with van der Waals surface area (Å²) in [4.78, 5) is 23.4. The van der Waals surface area contributed by atoms with E-state index >= 15 is 0 Å². The van der Waals surface area contributed by atoms with E-state index in [0.29, 0.717) is 32.3 Å². The topological polar surface area (TPSA) is 50.6 Å². The maximum atomic E-state index is 13.9. The van der Waals surface area contributed by atoms with E-state index in [9.17, 15) is 4.79 Å². The first kappa shape index (κ1) is 23.8. The number of fused-ring (bicyclic) bond motifs is 1. The fourth-order valence-electron chi connectivity index (χ4n) is 4.92. The third kappa shape index (κ3) is 4.52. The molecule has 1 aromatic heterocycles. The number of methoxy groups -OCH3 is 1. The molecule has 0 atom stereocenters. The highest BCUT2D eigenvalue weighted by molar-refractivity contribution is 5.64. The van der Waals surface area contributed by atoms with Gasteiger partial charge in [0.1, 0.15) is 5.75 Å². The monoisotopic (exact) mass is 480 g/mol. The van der Waals surface area contributed by atoms with Gasteiger partial charge in [0.05, 0.1) is 26.1 Å². The molecular formula is C30H32N4O2. The molecule has 1 aliphatic rings. The highest BCUT2D eigenvalue weighted by atomic mass is 16.5. The number of hydrogen-bond acceptors (Lipinski definition) is 5. The van der Waals surface area contributed by atoms with Gasteiger partial charge in [-0.2, -0.15) is 0 Å². The Morgan fingerprint density at radius 2 is 1.64 bits per heavy atom. The number of para-hydroxylation sites is 1. The van der Waals surface area contributed by atoms with E-state index in [1.54, 1.807) is 7.11 Å². The van der Waals surface area contributed by atoms with Crippen molar-refractivity contribution in [2.24, 2.45) is 0 Å². The van der Waals surface area contributed by atoms with E-state index in [1.165, 1.54) is 11.1 Å². The Kier molecular flexibility index (Phi) is 6.61. The van der Waals surface area contributed by atoms with Crippen molar-refractivity contribution in [2.75, 3.05) is 18.7 Å². The Balaban J connectivity index is 1.61. The van der Waals surface area contributed by atoms with Crippen molar-refractivity contribution in [1.82, 2.24) is 14.5 Å². The van der Waals surface area contributed by atoms with Crippen LogP contribution in [0.3, 0.4) is 0 Å². The normalized spacial score (nSPS) is 13.5. The van der Waals surface area contributed by atoms with E-state index in [-0.39, 0.29) is 5.56 Å². The summed E-state index contributed by atoms with van der Waals surface area (Å²) in [6.07, 6.45) is 0.564. The van der Waals surface area contributed by atoms with Gasteiger partial charge in [-0.3, -0.25) is 19.2 Å². The Bertz CT molecular complexity index is 1450. The van der Waals surface area contributed by atoms with Crippen LogP contribution in [0.5, 0.6) is 5.75 Å². The van der Waals surface area contributed by atoms with Gasteiger partial charge < -0.3 is 4.74 Å². The lowest BCUT2D eigenvalue weighted by Gasteiger charge is -2.39. The summed E-state index contributed by atoms with van der Waals surface area (Å²) in [6.45, 7) is 7.92. The van der Waals surface area contributed by atoms with Gasteiger partial charge in [0, 0.05) is 29.8 Å². The molecule has 6 heteroatoms. The fourth-order valence-corrected chi connectivity index (χ4v) is 4.92. The Morgan fingerprint density at radius 1 is 0.889 bits per heavy atom. The Labute approximate surface area is 212 Å². The summed E-state index contributed by atoms with van der Waals surface area (Å²) < 4.78 is 7.43. The minimum absolute atomic E-state index is 0.0152. The molecular weight excluding hydrogens is 448 g/mol. The summed E-state index contributed by atoms with van der Waals surface area (Å²) in [5.41, 5.74) is 7.19. The number of nitrogens with zero attached hydrogens (tertiary/aromatic N) is 4. The van der Waals surface area contributed by atoms with Gasteiger partial charge >= 0.3 is 0 Å². The molecule has 0 spiro atoms. The van der Waals surface area contributed by atoms with E-state index in [1.807, 2.05) is 47.9 Å². The van der Waals surface area contributed by atoms with Gasteiger partial charge in [-0.1, -0.05) is 60.7 Å². The van der Waals surface area contributed by atoms with Crippen molar-refractivity contribution in [1.29, 1.82) is 0 Å². The van der Waals surface area contributed by atoms with Crippen LogP contribution < -0.4 is 15.2 Å². The van der Waals surface area contributed by atoms with Crippen LogP contribution in [0.2, 0.25) is 0 Å². The number of rotatable bonds is 6. The molecule has 2 heterocycles. The van der Waals surface area contributed by atoms with Crippen LogP contribution in [-0.2, 0) is 19.6 Å². The Hall–Kier alpha value is -3.90. The van der Waals surface area contributed by atoms with Gasteiger partial charge in [0.2, 0.25) is 5.95 Å².